The van der Waals surface area contributed by atoms with E-state index in [4.69, 9.17) is 28.2 Å². The van der Waals surface area contributed by atoms with Crippen LogP contribution in [0.15, 0.2) is 35.7 Å². The Bertz CT molecular complexity index is 1090. The fraction of sp³-hybridized carbons (Fsp3) is 0.286. The van der Waals surface area contributed by atoms with E-state index in [1.54, 1.807) is 24.3 Å². The molecule has 12 heteroatoms. The molecule has 180 valence electrons. The van der Waals surface area contributed by atoms with Crippen molar-refractivity contribution in [1.29, 1.82) is 0 Å². The van der Waals surface area contributed by atoms with E-state index in [2.05, 4.69) is 0 Å². The molecule has 1 unspecified atom stereocenters. The molecule has 0 aliphatic heterocycles. The highest BCUT2D eigenvalue weighted by molar-refractivity contribution is 7.93. The van der Waals surface area contributed by atoms with Crippen LogP contribution in [0, 0.1) is 0 Å². The number of rotatable bonds is 12. The maximum atomic E-state index is 12.7. The lowest BCUT2D eigenvalue weighted by molar-refractivity contribution is -0.134. The summed E-state index contributed by atoms with van der Waals surface area (Å²) >= 11 is -1.51. The van der Waals surface area contributed by atoms with Crippen molar-refractivity contribution in [3.05, 3.63) is 46.9 Å². The van der Waals surface area contributed by atoms with Crippen molar-refractivity contribution in [2.75, 3.05) is 34.2 Å². The number of hydrogen-bond donors (Lipinski definition) is 1. The molecule has 0 radical (unpaired) electrons. The molecule has 2 aromatic carbocycles. The minimum atomic E-state index is -4.39. The molecule has 0 saturated heterocycles. The van der Waals surface area contributed by atoms with Gasteiger partial charge in [-0.3, -0.25) is 4.79 Å². The molecule has 0 aliphatic carbocycles. The predicted molar refractivity (Wildman–Crippen MR) is 122 cm³/mol. The lowest BCUT2D eigenvalue weighted by atomic mass is 10.1. The van der Waals surface area contributed by atoms with E-state index in [0.29, 0.717) is 28.4 Å². The number of benzene rings is 2. The van der Waals surface area contributed by atoms with Crippen LogP contribution in [0.3, 0.4) is 0 Å². The van der Waals surface area contributed by atoms with Crippen LogP contribution in [0.1, 0.15) is 11.1 Å². The Morgan fingerprint density at radius 3 is 2.09 bits per heavy atom. The van der Waals surface area contributed by atoms with Gasteiger partial charge in [-0.15, -0.1) is 0 Å². The number of ether oxygens (including phenoxy) is 4. The molecule has 0 saturated carbocycles. The fourth-order valence-electron chi connectivity index (χ4n) is 2.75. The lowest BCUT2D eigenvalue weighted by Crippen LogP contribution is -2.20. The number of carboxylic acids is 1. The molecular formula is C21H24O10S2. The molecule has 0 heterocycles. The molecule has 0 spiro atoms. The predicted octanol–water partition coefficient (Wildman–Crippen LogP) is 2.43. The zero-order valence-electron chi connectivity index (χ0n) is 18.4. The van der Waals surface area contributed by atoms with Crippen LogP contribution in [0.5, 0.6) is 28.7 Å². The van der Waals surface area contributed by atoms with Crippen molar-refractivity contribution in [2.24, 2.45) is 0 Å². The lowest BCUT2D eigenvalue weighted by Gasteiger charge is -2.13. The second kappa shape index (κ2) is 11.7. The van der Waals surface area contributed by atoms with E-state index in [1.807, 2.05) is 0 Å². The number of carboxylic acid groups (broad SMARTS) is 1. The average molecular weight is 501 g/mol. The highest BCUT2D eigenvalue weighted by Gasteiger charge is 2.21. The SMILES string of the molecule is COc1cc(OC)c(/C=C/[S+]([O-])Cc2ccc(OC)c(OS(=O)(=O)CC(=O)O)c2)c(OC)c1. The molecule has 33 heavy (non-hydrogen) atoms. The highest BCUT2D eigenvalue weighted by atomic mass is 32.2. The Morgan fingerprint density at radius 2 is 1.58 bits per heavy atom. The van der Waals surface area contributed by atoms with Gasteiger partial charge in [0.15, 0.2) is 17.3 Å². The van der Waals surface area contributed by atoms with Crippen LogP contribution in [-0.2, 0) is 31.8 Å². The van der Waals surface area contributed by atoms with Crippen molar-refractivity contribution >= 4 is 33.3 Å². The first-order valence-corrected chi connectivity index (χ1v) is 12.2. The first kappa shape index (κ1) is 26.2. The van der Waals surface area contributed by atoms with Gasteiger partial charge >= 0.3 is 16.1 Å². The Morgan fingerprint density at radius 1 is 0.970 bits per heavy atom. The zero-order chi connectivity index (χ0) is 24.6. The van der Waals surface area contributed by atoms with Gasteiger partial charge in [-0.2, -0.15) is 8.42 Å². The summed E-state index contributed by atoms with van der Waals surface area (Å²) in [5.41, 5.74) is 1.04. The highest BCUT2D eigenvalue weighted by Crippen LogP contribution is 2.35. The molecule has 0 bridgehead atoms. The zero-order valence-corrected chi connectivity index (χ0v) is 20.0. The minimum Gasteiger partial charge on any atom is -0.612 e. The summed E-state index contributed by atoms with van der Waals surface area (Å²) in [6.45, 7) is 0. The topological polar surface area (TPSA) is 141 Å². The van der Waals surface area contributed by atoms with Crippen LogP contribution >= 0.6 is 0 Å². The smallest absolute Gasteiger partial charge is 0.322 e. The summed E-state index contributed by atoms with van der Waals surface area (Å²) in [4.78, 5) is 10.7. The molecule has 2 rings (SSSR count). The third-order valence-corrected chi connectivity index (χ3v) is 6.29. The van der Waals surface area contributed by atoms with Crippen LogP contribution in [-0.4, -0.2) is 58.2 Å². The molecule has 10 nitrogen and oxygen atoms in total. The van der Waals surface area contributed by atoms with Gasteiger partial charge in [0, 0.05) is 23.8 Å². The molecule has 0 amide bonds. The molecule has 0 fully saturated rings. The summed E-state index contributed by atoms with van der Waals surface area (Å²) in [5, 5.41) is 10.2. The van der Waals surface area contributed by atoms with Crippen molar-refractivity contribution in [2.45, 2.75) is 5.75 Å². The van der Waals surface area contributed by atoms with Gasteiger partial charge in [-0.25, -0.2) is 0 Å². The van der Waals surface area contributed by atoms with E-state index < -0.39 is 33.0 Å². The molecule has 1 N–H and O–H groups in total. The average Bonchev–Trinajstić information content (AvgIpc) is 2.75. The standard InChI is InChI=1S/C21H24O10S2/c1-27-15-10-18(29-3)16(19(11-15)30-4)7-8-32(24)12-14-5-6-17(28-2)20(9-14)31-33(25,26)13-21(22)23/h5-11H,12-13H2,1-4H3,(H,22,23)/b8-7+. The van der Waals surface area contributed by atoms with Crippen molar-refractivity contribution < 1.29 is 46.0 Å². The van der Waals surface area contributed by atoms with E-state index in [1.165, 1.54) is 46.0 Å². The third-order valence-electron chi connectivity index (χ3n) is 4.19. The second-order valence-electron chi connectivity index (χ2n) is 6.44. The van der Waals surface area contributed by atoms with Gasteiger partial charge in [0.1, 0.15) is 28.4 Å². The Balaban J connectivity index is 2.25. The summed E-state index contributed by atoms with van der Waals surface area (Å²) in [7, 11) is 1.41. The quantitative estimate of drug-likeness (QED) is 0.341. The van der Waals surface area contributed by atoms with Gasteiger partial charge in [0.05, 0.1) is 34.0 Å². The van der Waals surface area contributed by atoms with Gasteiger partial charge < -0.3 is 32.8 Å². The number of methoxy groups -OCH3 is 4. The van der Waals surface area contributed by atoms with Gasteiger partial charge in [-0.05, 0) is 23.3 Å². The van der Waals surface area contributed by atoms with E-state index in [0.717, 1.165) is 0 Å². The number of hydrogen-bond acceptors (Lipinski definition) is 9. The van der Waals surface area contributed by atoms with Crippen molar-refractivity contribution in [3.8, 4) is 28.7 Å². The maximum absolute atomic E-state index is 12.7. The maximum Gasteiger partial charge on any atom is 0.322 e. The Labute approximate surface area is 195 Å². The Hall–Kier alpha value is -3.09. The fourth-order valence-corrected chi connectivity index (χ4v) is 4.40. The molecule has 0 aromatic heterocycles. The van der Waals surface area contributed by atoms with Crippen LogP contribution in [0.2, 0.25) is 0 Å². The van der Waals surface area contributed by atoms with E-state index in [9.17, 15) is 17.8 Å². The summed E-state index contributed by atoms with van der Waals surface area (Å²) in [6.07, 6.45) is 1.59. The molecular weight excluding hydrogens is 476 g/mol. The molecule has 0 aliphatic rings. The van der Waals surface area contributed by atoms with Crippen LogP contribution in [0.4, 0.5) is 0 Å². The van der Waals surface area contributed by atoms with Crippen molar-refractivity contribution in [3.63, 3.8) is 0 Å². The first-order chi connectivity index (χ1) is 15.6. The molecule has 2 aromatic rings. The summed E-state index contributed by atoms with van der Waals surface area (Å²) < 4.78 is 62.3. The minimum absolute atomic E-state index is 0.0244. The molecule has 1 atom stereocenters. The first-order valence-electron chi connectivity index (χ1n) is 9.28. The van der Waals surface area contributed by atoms with E-state index >= 15 is 0 Å². The summed E-state index contributed by atoms with van der Waals surface area (Å²) in [6, 6.07) is 7.69. The summed E-state index contributed by atoms with van der Waals surface area (Å²) in [5.74, 6) is -1.40. The van der Waals surface area contributed by atoms with Crippen LogP contribution in [0.25, 0.3) is 6.08 Å². The van der Waals surface area contributed by atoms with Crippen molar-refractivity contribution in [1.82, 2.24) is 0 Å². The van der Waals surface area contributed by atoms with Gasteiger partial charge in [0.25, 0.3) is 0 Å². The second-order valence-corrected chi connectivity index (χ2v) is 9.33. The normalized spacial score (nSPS) is 12.3. The van der Waals surface area contributed by atoms with Gasteiger partial charge in [0.2, 0.25) is 0 Å². The number of carbonyl (C=O) groups is 1. The van der Waals surface area contributed by atoms with E-state index in [-0.39, 0.29) is 17.3 Å². The largest absolute Gasteiger partial charge is 0.612 e. The van der Waals surface area contributed by atoms with Gasteiger partial charge in [-0.1, -0.05) is 6.07 Å². The van der Waals surface area contributed by atoms with Crippen LogP contribution < -0.4 is 23.1 Å². The number of aliphatic carboxylic acids is 1. The Kier molecular flexibility index (Phi) is 9.26. The monoisotopic (exact) mass is 500 g/mol. The third kappa shape index (κ3) is 7.48.